The Morgan fingerprint density at radius 1 is 1.46 bits per heavy atom. The maximum Gasteiger partial charge on any atom is 1.00 e. The summed E-state index contributed by atoms with van der Waals surface area (Å²) in [6.45, 7) is 1.66. The first kappa shape index (κ1) is 13.4. The summed E-state index contributed by atoms with van der Waals surface area (Å²) in [5.74, 6) is 0. The van der Waals surface area contributed by atoms with Crippen LogP contribution in [0, 0.1) is 6.92 Å². The predicted molar refractivity (Wildman–Crippen MR) is 47.1 cm³/mol. The standard InChI is InChI=1S/C7H7ClO3S.Na.H/c1-5-4-6(12(9,10)11)2-3-7(5)8;;/h2-4H,1H3,(H,9,10,11);;/q;+1;-1. The minimum Gasteiger partial charge on any atom is -1.00 e. The molecule has 0 aliphatic carbocycles. The van der Waals surface area contributed by atoms with Crippen molar-refractivity contribution in [3.8, 4) is 0 Å². The molecule has 0 heterocycles. The van der Waals surface area contributed by atoms with Gasteiger partial charge in [0, 0.05) is 5.02 Å². The molecule has 0 aliphatic rings. The van der Waals surface area contributed by atoms with Gasteiger partial charge in [-0.25, -0.2) is 0 Å². The van der Waals surface area contributed by atoms with E-state index in [-0.39, 0.29) is 35.9 Å². The van der Waals surface area contributed by atoms with E-state index < -0.39 is 10.1 Å². The fourth-order valence-corrected chi connectivity index (χ4v) is 1.46. The summed E-state index contributed by atoms with van der Waals surface area (Å²) >= 11 is 5.65. The van der Waals surface area contributed by atoms with E-state index in [9.17, 15) is 8.42 Å². The molecule has 0 radical (unpaired) electrons. The SMILES string of the molecule is Cc1cc(S(=O)(=O)O)ccc1Cl.[H-].[Na+]. The summed E-state index contributed by atoms with van der Waals surface area (Å²) in [5, 5.41) is 0.474. The van der Waals surface area contributed by atoms with E-state index in [0.29, 0.717) is 10.6 Å². The Kier molecular flexibility index (Phi) is 4.93. The van der Waals surface area contributed by atoms with E-state index in [1.807, 2.05) is 0 Å². The van der Waals surface area contributed by atoms with Gasteiger partial charge in [-0.15, -0.1) is 0 Å². The molecule has 0 fully saturated rings. The number of hydrogen-bond acceptors (Lipinski definition) is 2. The molecule has 13 heavy (non-hydrogen) atoms. The maximum atomic E-state index is 10.6. The minimum absolute atomic E-state index is 0. The molecule has 0 aliphatic heterocycles. The first-order valence-electron chi connectivity index (χ1n) is 3.15. The zero-order chi connectivity index (χ0) is 9.35. The smallest absolute Gasteiger partial charge is 1.00 e. The maximum absolute atomic E-state index is 10.6. The van der Waals surface area contributed by atoms with Crippen molar-refractivity contribution in [2.24, 2.45) is 0 Å². The summed E-state index contributed by atoms with van der Waals surface area (Å²) in [4.78, 5) is -0.135. The van der Waals surface area contributed by atoms with Crippen molar-refractivity contribution >= 4 is 21.7 Å². The van der Waals surface area contributed by atoms with Crippen LogP contribution in [0.1, 0.15) is 6.99 Å². The van der Waals surface area contributed by atoms with Gasteiger partial charge in [-0.2, -0.15) is 8.42 Å². The Labute approximate surface area is 106 Å². The van der Waals surface area contributed by atoms with Crippen LogP contribution in [-0.4, -0.2) is 13.0 Å². The van der Waals surface area contributed by atoms with Crippen LogP contribution >= 0.6 is 11.6 Å². The van der Waals surface area contributed by atoms with Gasteiger partial charge < -0.3 is 1.43 Å². The zero-order valence-electron chi connectivity index (χ0n) is 8.28. The van der Waals surface area contributed by atoms with E-state index in [1.165, 1.54) is 18.2 Å². The average molecular weight is 231 g/mol. The Balaban J connectivity index is 0. The van der Waals surface area contributed by atoms with Crippen LogP contribution in [0.4, 0.5) is 0 Å². The molecule has 0 saturated carbocycles. The molecule has 0 spiro atoms. The Morgan fingerprint density at radius 2 is 2.00 bits per heavy atom. The number of aryl methyl sites for hydroxylation is 1. The summed E-state index contributed by atoms with van der Waals surface area (Å²) in [6, 6.07) is 4.00. The number of benzene rings is 1. The molecular formula is C7H8ClNaO3S. The van der Waals surface area contributed by atoms with Crippen LogP contribution in [0.5, 0.6) is 0 Å². The van der Waals surface area contributed by atoms with Gasteiger partial charge in [0.1, 0.15) is 0 Å². The number of rotatable bonds is 1. The third-order valence-electron chi connectivity index (χ3n) is 1.43. The van der Waals surface area contributed by atoms with Gasteiger partial charge in [-0.3, -0.25) is 4.55 Å². The van der Waals surface area contributed by atoms with Gasteiger partial charge >= 0.3 is 29.6 Å². The van der Waals surface area contributed by atoms with Crippen molar-refractivity contribution in [2.75, 3.05) is 0 Å². The molecule has 1 N–H and O–H groups in total. The third kappa shape index (κ3) is 3.58. The van der Waals surface area contributed by atoms with Gasteiger partial charge in [0.05, 0.1) is 4.90 Å². The largest absolute Gasteiger partial charge is 1.00 e. The number of hydrogen-bond donors (Lipinski definition) is 1. The zero-order valence-corrected chi connectivity index (χ0v) is 10.9. The molecule has 6 heteroatoms. The normalized spacial score (nSPS) is 10.7. The molecule has 0 atom stereocenters. The summed E-state index contributed by atoms with van der Waals surface area (Å²) in [6.07, 6.45) is 0. The van der Waals surface area contributed by atoms with Crippen molar-refractivity contribution in [2.45, 2.75) is 11.8 Å². The molecule has 0 aromatic heterocycles. The van der Waals surface area contributed by atoms with E-state index >= 15 is 0 Å². The van der Waals surface area contributed by atoms with Gasteiger partial charge in [0.2, 0.25) is 0 Å². The second-order valence-corrected chi connectivity index (χ2v) is 4.21. The van der Waals surface area contributed by atoms with Gasteiger partial charge in [0.25, 0.3) is 10.1 Å². The summed E-state index contributed by atoms with van der Waals surface area (Å²) in [7, 11) is -4.10. The third-order valence-corrected chi connectivity index (χ3v) is 2.70. The van der Waals surface area contributed by atoms with E-state index in [2.05, 4.69) is 0 Å². The molecule has 3 nitrogen and oxygen atoms in total. The quantitative estimate of drug-likeness (QED) is 0.498. The van der Waals surface area contributed by atoms with Gasteiger partial charge in [-0.05, 0) is 30.7 Å². The van der Waals surface area contributed by atoms with Crippen LogP contribution in [0.2, 0.25) is 5.02 Å². The van der Waals surface area contributed by atoms with Gasteiger partial charge in [0.15, 0.2) is 0 Å². The average Bonchev–Trinajstić information content (AvgIpc) is 1.92. The molecule has 68 valence electrons. The van der Waals surface area contributed by atoms with E-state index in [4.69, 9.17) is 16.2 Å². The van der Waals surface area contributed by atoms with Crippen LogP contribution in [-0.2, 0) is 10.1 Å². The van der Waals surface area contributed by atoms with Crippen molar-refractivity contribution < 1.29 is 44.0 Å². The van der Waals surface area contributed by atoms with Crippen LogP contribution in [0.3, 0.4) is 0 Å². The first-order valence-corrected chi connectivity index (χ1v) is 4.97. The Morgan fingerprint density at radius 3 is 2.38 bits per heavy atom. The van der Waals surface area contributed by atoms with Crippen molar-refractivity contribution in [1.82, 2.24) is 0 Å². The fraction of sp³-hybridized carbons (Fsp3) is 0.143. The predicted octanol–water partition coefficient (Wildman–Crippen LogP) is -0.988. The molecule has 1 aromatic rings. The molecule has 1 rings (SSSR count). The first-order chi connectivity index (χ1) is 5.41. The molecule has 0 bridgehead atoms. The van der Waals surface area contributed by atoms with E-state index in [1.54, 1.807) is 6.92 Å². The summed E-state index contributed by atoms with van der Waals surface area (Å²) < 4.78 is 29.9. The monoisotopic (exact) mass is 230 g/mol. The molecule has 1 aromatic carbocycles. The topological polar surface area (TPSA) is 54.4 Å². The second-order valence-electron chi connectivity index (χ2n) is 2.39. The van der Waals surface area contributed by atoms with Crippen LogP contribution in [0.15, 0.2) is 23.1 Å². The minimum atomic E-state index is -4.10. The number of halogens is 1. The van der Waals surface area contributed by atoms with Crippen molar-refractivity contribution in [1.29, 1.82) is 0 Å². The van der Waals surface area contributed by atoms with Crippen molar-refractivity contribution in [3.05, 3.63) is 28.8 Å². The van der Waals surface area contributed by atoms with Crippen LogP contribution in [0.25, 0.3) is 0 Å². The van der Waals surface area contributed by atoms with E-state index in [0.717, 1.165) is 0 Å². The second kappa shape index (κ2) is 4.77. The fourth-order valence-electron chi connectivity index (χ4n) is 0.778. The van der Waals surface area contributed by atoms with Crippen molar-refractivity contribution in [3.63, 3.8) is 0 Å². The van der Waals surface area contributed by atoms with Crippen LogP contribution < -0.4 is 29.6 Å². The molecule has 0 saturated heterocycles. The Hall–Kier alpha value is 0.420. The molecule has 0 amide bonds. The van der Waals surface area contributed by atoms with Gasteiger partial charge in [-0.1, -0.05) is 11.6 Å². The Bertz CT molecular complexity index is 407. The molecular weight excluding hydrogens is 223 g/mol. The summed E-state index contributed by atoms with van der Waals surface area (Å²) in [5.41, 5.74) is 0.617. The molecule has 0 unspecified atom stereocenters.